The van der Waals surface area contributed by atoms with Gasteiger partial charge in [0.15, 0.2) is 0 Å². The number of carboxylic acid groups (broad SMARTS) is 1. The summed E-state index contributed by atoms with van der Waals surface area (Å²) in [7, 11) is 0. The second-order valence-corrected chi connectivity index (χ2v) is 5.45. The van der Waals surface area contributed by atoms with Gasteiger partial charge in [-0.3, -0.25) is 4.90 Å². The van der Waals surface area contributed by atoms with Crippen LogP contribution in [0.25, 0.3) is 0 Å². The molecule has 0 unspecified atom stereocenters. The Morgan fingerprint density at radius 2 is 1.27 bits per heavy atom. The second kappa shape index (κ2) is 19.6. The molecule has 0 N–H and O–H groups in total. The molecule has 4 heteroatoms. The number of aliphatic carboxylic acids is 1. The van der Waals surface area contributed by atoms with E-state index < -0.39 is 5.97 Å². The molecule has 3 nitrogen and oxygen atoms in total. The van der Waals surface area contributed by atoms with Crippen LogP contribution in [-0.2, 0) is 4.79 Å². The van der Waals surface area contributed by atoms with Crippen molar-refractivity contribution < 1.29 is 61.3 Å². The molecule has 0 saturated heterocycles. The largest absolute Gasteiger partial charge is 1.00 e. The summed E-state index contributed by atoms with van der Waals surface area (Å²) in [6.07, 6.45) is 17.5. The van der Waals surface area contributed by atoms with E-state index in [1.807, 2.05) is 4.90 Å². The summed E-state index contributed by atoms with van der Waals surface area (Å²) in [5.41, 5.74) is 0. The molecular weight excluding hydrogens is 301 g/mol. The quantitative estimate of drug-likeness (QED) is 0.261. The number of rotatable bonds is 14. The maximum absolute atomic E-state index is 10.8. The molecule has 0 spiro atoms. The Bertz CT molecular complexity index is 281. The minimum Gasteiger partial charge on any atom is -0.549 e. The van der Waals surface area contributed by atoms with Gasteiger partial charge in [0.2, 0.25) is 0 Å². The summed E-state index contributed by atoms with van der Waals surface area (Å²) in [5.74, 6) is -0.974. The first-order chi connectivity index (χ1) is 10.2. The number of unbranched alkanes of at least 4 members (excludes halogenated alkanes) is 4. The molecule has 0 aliphatic heterocycles. The van der Waals surface area contributed by atoms with E-state index in [1.165, 1.54) is 12.8 Å². The predicted molar refractivity (Wildman–Crippen MR) is 88.0 cm³/mol. The monoisotopic (exact) mass is 333 g/mol. The van der Waals surface area contributed by atoms with Gasteiger partial charge in [0.05, 0.1) is 5.97 Å². The average Bonchev–Trinajstić information content (AvgIpc) is 2.45. The molecule has 0 radical (unpaired) electrons. The van der Waals surface area contributed by atoms with E-state index in [0.29, 0.717) is 0 Å². The average molecular weight is 334 g/mol. The minimum atomic E-state index is -0.974. The number of carboxylic acids is 1. The second-order valence-electron chi connectivity index (χ2n) is 5.45. The van der Waals surface area contributed by atoms with Gasteiger partial charge in [-0.05, 0) is 51.6 Å². The SMILES string of the molecule is CCC/C=C/CCCN(CCC/C=C/CCC)CC(=O)[O-].[K+]. The molecule has 122 valence electrons. The van der Waals surface area contributed by atoms with Crippen molar-refractivity contribution in [2.24, 2.45) is 0 Å². The first-order valence-corrected chi connectivity index (χ1v) is 8.42. The molecule has 0 aromatic rings. The van der Waals surface area contributed by atoms with Gasteiger partial charge in [0, 0.05) is 6.54 Å². The molecule has 22 heavy (non-hydrogen) atoms. The zero-order chi connectivity index (χ0) is 15.8. The third-order valence-corrected chi connectivity index (χ3v) is 3.29. The van der Waals surface area contributed by atoms with Crippen LogP contribution in [0.1, 0.15) is 65.2 Å². The Morgan fingerprint density at radius 3 is 1.64 bits per heavy atom. The van der Waals surface area contributed by atoms with Crippen LogP contribution in [0.3, 0.4) is 0 Å². The number of hydrogen-bond donors (Lipinski definition) is 0. The van der Waals surface area contributed by atoms with Crippen LogP contribution in [0, 0.1) is 0 Å². The standard InChI is InChI=1S/C18H33NO2.K/c1-3-5-7-9-11-13-15-19(17-18(20)21)16-14-12-10-8-6-4-2;/h7-10H,3-6,11-17H2,1-2H3,(H,20,21);/q;+1/p-1/b9-7+,10-8+;. The first kappa shape index (κ1) is 24.8. The van der Waals surface area contributed by atoms with Crippen LogP contribution in [0.15, 0.2) is 24.3 Å². The predicted octanol–water partition coefficient (Wildman–Crippen LogP) is 0.315. The van der Waals surface area contributed by atoms with Crippen molar-refractivity contribution in [1.82, 2.24) is 4.90 Å². The molecule has 0 aliphatic carbocycles. The van der Waals surface area contributed by atoms with Crippen LogP contribution >= 0.6 is 0 Å². The van der Waals surface area contributed by atoms with Gasteiger partial charge < -0.3 is 9.90 Å². The third kappa shape index (κ3) is 18.6. The molecule has 0 amide bonds. The zero-order valence-corrected chi connectivity index (χ0v) is 18.0. The molecule has 0 heterocycles. The smallest absolute Gasteiger partial charge is 0.549 e. The van der Waals surface area contributed by atoms with E-state index in [0.717, 1.165) is 51.6 Å². The van der Waals surface area contributed by atoms with Crippen molar-refractivity contribution in [1.29, 1.82) is 0 Å². The summed E-state index contributed by atoms with van der Waals surface area (Å²) in [6.45, 7) is 6.06. The van der Waals surface area contributed by atoms with E-state index in [9.17, 15) is 9.90 Å². The number of nitrogens with zero attached hydrogens (tertiary/aromatic N) is 1. The molecule has 0 fully saturated rings. The first-order valence-electron chi connectivity index (χ1n) is 8.42. The number of hydrogen-bond acceptors (Lipinski definition) is 3. The van der Waals surface area contributed by atoms with Gasteiger partial charge in [-0.1, -0.05) is 51.0 Å². The van der Waals surface area contributed by atoms with Gasteiger partial charge in [-0.2, -0.15) is 0 Å². The number of carbonyl (C=O) groups is 1. The van der Waals surface area contributed by atoms with E-state index >= 15 is 0 Å². The fourth-order valence-corrected chi connectivity index (χ4v) is 2.12. The molecular formula is C18H32KNO2. The molecule has 0 atom stereocenters. The van der Waals surface area contributed by atoms with Gasteiger partial charge in [-0.15, -0.1) is 0 Å². The topological polar surface area (TPSA) is 43.4 Å². The summed E-state index contributed by atoms with van der Waals surface area (Å²) in [4.78, 5) is 12.8. The molecule has 0 aromatic carbocycles. The van der Waals surface area contributed by atoms with Gasteiger partial charge >= 0.3 is 51.4 Å². The van der Waals surface area contributed by atoms with E-state index in [4.69, 9.17) is 0 Å². The van der Waals surface area contributed by atoms with Gasteiger partial charge in [-0.25, -0.2) is 0 Å². The Labute approximate surface area is 179 Å². The van der Waals surface area contributed by atoms with Gasteiger partial charge in [0.25, 0.3) is 0 Å². The molecule has 0 saturated carbocycles. The van der Waals surface area contributed by atoms with Crippen molar-refractivity contribution in [3.8, 4) is 0 Å². The fourth-order valence-electron chi connectivity index (χ4n) is 2.12. The van der Waals surface area contributed by atoms with Crippen LogP contribution in [-0.4, -0.2) is 30.5 Å². The van der Waals surface area contributed by atoms with E-state index in [1.54, 1.807) is 0 Å². The molecule has 0 aliphatic rings. The minimum absolute atomic E-state index is 0. The van der Waals surface area contributed by atoms with Crippen molar-refractivity contribution in [3.63, 3.8) is 0 Å². The van der Waals surface area contributed by atoms with Crippen LogP contribution in [0.2, 0.25) is 0 Å². The van der Waals surface area contributed by atoms with Crippen LogP contribution in [0.4, 0.5) is 0 Å². The van der Waals surface area contributed by atoms with Crippen LogP contribution < -0.4 is 56.5 Å². The summed E-state index contributed by atoms with van der Waals surface area (Å²) >= 11 is 0. The van der Waals surface area contributed by atoms with Crippen LogP contribution in [0.5, 0.6) is 0 Å². The van der Waals surface area contributed by atoms with Gasteiger partial charge in [0.1, 0.15) is 0 Å². The Morgan fingerprint density at radius 1 is 0.864 bits per heavy atom. The van der Waals surface area contributed by atoms with Crippen molar-refractivity contribution in [2.75, 3.05) is 19.6 Å². The molecule has 0 rings (SSSR count). The van der Waals surface area contributed by atoms with Crippen molar-refractivity contribution >= 4 is 5.97 Å². The van der Waals surface area contributed by atoms with Crippen molar-refractivity contribution in [3.05, 3.63) is 24.3 Å². The summed E-state index contributed by atoms with van der Waals surface area (Å²) in [5, 5.41) is 10.8. The Kier molecular flexibility index (Phi) is 22.1. The summed E-state index contributed by atoms with van der Waals surface area (Å²) in [6, 6.07) is 0. The maximum atomic E-state index is 10.8. The zero-order valence-electron chi connectivity index (χ0n) is 14.9. The summed E-state index contributed by atoms with van der Waals surface area (Å²) < 4.78 is 0. The maximum Gasteiger partial charge on any atom is 1.00 e. The molecule has 0 bridgehead atoms. The molecule has 0 aromatic heterocycles. The number of carbonyl (C=O) groups excluding carboxylic acids is 1. The third-order valence-electron chi connectivity index (χ3n) is 3.29. The van der Waals surface area contributed by atoms with E-state index in [-0.39, 0.29) is 57.9 Å². The van der Waals surface area contributed by atoms with Crippen molar-refractivity contribution in [2.45, 2.75) is 65.2 Å². The number of allylic oxidation sites excluding steroid dienone is 4. The van der Waals surface area contributed by atoms with E-state index in [2.05, 4.69) is 38.2 Å². The fraction of sp³-hybridized carbons (Fsp3) is 0.722. The normalized spacial score (nSPS) is 11.4. The Hall–Kier alpha value is 0.546. The Balaban J connectivity index is 0.